The van der Waals surface area contributed by atoms with Gasteiger partial charge >= 0.3 is 0 Å². The maximum atomic E-state index is 5.39. The molecule has 0 spiro atoms. The Balaban J connectivity index is 1.56. The van der Waals surface area contributed by atoms with E-state index in [1.165, 1.54) is 69.0 Å². The van der Waals surface area contributed by atoms with E-state index < -0.39 is 0 Å². The number of nitrogens with zero attached hydrogens (tertiary/aromatic N) is 3. The summed E-state index contributed by atoms with van der Waals surface area (Å²) in [4.78, 5) is 5.25. The molecule has 1 aliphatic carbocycles. The summed E-state index contributed by atoms with van der Waals surface area (Å²) in [5.74, 6) is 0.826. The SMILES string of the molecule is COc1nscc1CN1CC23CCCCC2(CN(C)C3)C1. The van der Waals surface area contributed by atoms with E-state index in [0.717, 1.165) is 12.4 Å². The van der Waals surface area contributed by atoms with Crippen LogP contribution in [0.2, 0.25) is 0 Å². The first kappa shape index (κ1) is 14.0. The van der Waals surface area contributed by atoms with Crippen molar-refractivity contribution < 1.29 is 4.74 Å². The van der Waals surface area contributed by atoms with Crippen LogP contribution in [0.4, 0.5) is 0 Å². The fourth-order valence-electron chi connectivity index (χ4n) is 5.42. The Morgan fingerprint density at radius 3 is 2.48 bits per heavy atom. The lowest BCUT2D eigenvalue weighted by molar-refractivity contribution is 0.0945. The molecule has 1 aromatic heterocycles. The van der Waals surface area contributed by atoms with Crippen molar-refractivity contribution in [1.29, 1.82) is 0 Å². The van der Waals surface area contributed by atoms with Gasteiger partial charge in [0, 0.05) is 54.5 Å². The Bertz CT molecular complexity index is 509. The van der Waals surface area contributed by atoms with Gasteiger partial charge in [0.2, 0.25) is 5.88 Å². The first-order chi connectivity index (χ1) is 10.2. The first-order valence-corrected chi connectivity index (χ1v) is 8.88. The van der Waals surface area contributed by atoms with Crippen molar-refractivity contribution in [3.63, 3.8) is 0 Å². The fourth-order valence-corrected chi connectivity index (χ4v) is 6.06. The summed E-state index contributed by atoms with van der Waals surface area (Å²) in [5, 5.41) is 2.15. The van der Waals surface area contributed by atoms with E-state index in [1.807, 2.05) is 0 Å². The maximum absolute atomic E-state index is 5.39. The van der Waals surface area contributed by atoms with Crippen LogP contribution in [0.5, 0.6) is 5.88 Å². The average molecular weight is 307 g/mol. The van der Waals surface area contributed by atoms with Crippen molar-refractivity contribution in [2.24, 2.45) is 10.8 Å². The van der Waals surface area contributed by atoms with E-state index in [2.05, 4.69) is 26.6 Å². The van der Waals surface area contributed by atoms with Gasteiger partial charge in [-0.05, 0) is 31.4 Å². The Morgan fingerprint density at radius 2 is 1.86 bits per heavy atom. The van der Waals surface area contributed by atoms with Crippen LogP contribution < -0.4 is 4.74 Å². The van der Waals surface area contributed by atoms with Gasteiger partial charge in [-0.3, -0.25) is 4.90 Å². The first-order valence-electron chi connectivity index (χ1n) is 8.05. The van der Waals surface area contributed by atoms with Gasteiger partial charge in [-0.1, -0.05) is 12.8 Å². The zero-order valence-electron chi connectivity index (χ0n) is 13.1. The van der Waals surface area contributed by atoms with Crippen molar-refractivity contribution in [2.75, 3.05) is 40.3 Å². The predicted octanol–water partition coefficient (Wildman–Crippen LogP) is 2.46. The monoisotopic (exact) mass is 307 g/mol. The minimum atomic E-state index is 0.552. The number of hydrogen-bond acceptors (Lipinski definition) is 5. The number of hydrogen-bond donors (Lipinski definition) is 0. The highest BCUT2D eigenvalue weighted by Gasteiger charge is 2.62. The van der Waals surface area contributed by atoms with E-state index in [-0.39, 0.29) is 0 Å². The lowest BCUT2D eigenvalue weighted by Gasteiger charge is -2.42. The molecule has 21 heavy (non-hydrogen) atoms. The molecule has 0 bridgehead atoms. The third-order valence-electron chi connectivity index (χ3n) is 6.08. The minimum Gasteiger partial charge on any atom is -0.480 e. The van der Waals surface area contributed by atoms with Gasteiger partial charge in [0.05, 0.1) is 7.11 Å². The van der Waals surface area contributed by atoms with Crippen molar-refractivity contribution in [2.45, 2.75) is 32.2 Å². The zero-order valence-corrected chi connectivity index (χ0v) is 13.9. The number of ether oxygens (including phenoxy) is 1. The lowest BCUT2D eigenvalue weighted by atomic mass is 9.60. The molecular weight excluding hydrogens is 282 g/mol. The molecule has 116 valence electrons. The molecule has 0 amide bonds. The highest BCUT2D eigenvalue weighted by molar-refractivity contribution is 7.03. The average Bonchev–Trinajstić information content (AvgIpc) is 3.07. The number of methoxy groups -OCH3 is 1. The third-order valence-corrected chi connectivity index (χ3v) is 6.74. The molecule has 2 atom stereocenters. The van der Waals surface area contributed by atoms with Crippen molar-refractivity contribution in [1.82, 2.24) is 14.2 Å². The second-order valence-electron chi connectivity index (χ2n) is 7.43. The number of likely N-dealkylation sites (tertiary alicyclic amines) is 2. The highest BCUT2D eigenvalue weighted by atomic mass is 32.1. The van der Waals surface area contributed by atoms with E-state index in [0.29, 0.717) is 10.8 Å². The Hall–Kier alpha value is -0.650. The summed E-state index contributed by atoms with van der Waals surface area (Å²) < 4.78 is 9.72. The van der Waals surface area contributed by atoms with Crippen LogP contribution in [0.1, 0.15) is 31.2 Å². The Labute approximate surface area is 131 Å². The molecule has 2 unspecified atom stereocenters. The molecule has 2 saturated heterocycles. The molecule has 0 aromatic carbocycles. The molecule has 4 nitrogen and oxygen atoms in total. The van der Waals surface area contributed by atoms with Gasteiger partial charge in [0.25, 0.3) is 0 Å². The topological polar surface area (TPSA) is 28.6 Å². The van der Waals surface area contributed by atoms with Gasteiger partial charge in [0.1, 0.15) is 0 Å². The van der Waals surface area contributed by atoms with Gasteiger partial charge in [-0.15, -0.1) is 0 Å². The molecule has 3 fully saturated rings. The summed E-state index contributed by atoms with van der Waals surface area (Å²) in [7, 11) is 4.03. The quantitative estimate of drug-likeness (QED) is 0.858. The Kier molecular flexibility index (Phi) is 3.28. The van der Waals surface area contributed by atoms with Gasteiger partial charge in [-0.25, -0.2) is 0 Å². The molecule has 3 aliphatic rings. The van der Waals surface area contributed by atoms with Crippen LogP contribution >= 0.6 is 11.5 Å². The van der Waals surface area contributed by atoms with Crippen molar-refractivity contribution >= 4 is 11.5 Å². The van der Waals surface area contributed by atoms with Crippen LogP contribution in [-0.2, 0) is 6.54 Å². The minimum absolute atomic E-state index is 0.552. The molecule has 1 saturated carbocycles. The smallest absolute Gasteiger partial charge is 0.229 e. The zero-order chi connectivity index (χ0) is 14.5. The van der Waals surface area contributed by atoms with Crippen LogP contribution in [0.3, 0.4) is 0 Å². The number of rotatable bonds is 3. The molecule has 2 aliphatic heterocycles. The van der Waals surface area contributed by atoms with E-state index >= 15 is 0 Å². The number of aromatic nitrogens is 1. The van der Waals surface area contributed by atoms with Crippen LogP contribution in [-0.4, -0.2) is 54.5 Å². The summed E-state index contributed by atoms with van der Waals surface area (Å²) in [6, 6.07) is 0. The van der Waals surface area contributed by atoms with Gasteiger partial charge in [-0.2, -0.15) is 4.37 Å². The van der Waals surface area contributed by atoms with Crippen molar-refractivity contribution in [3.05, 3.63) is 10.9 Å². The molecule has 3 heterocycles. The molecule has 0 radical (unpaired) electrons. The van der Waals surface area contributed by atoms with E-state index in [9.17, 15) is 0 Å². The van der Waals surface area contributed by atoms with Gasteiger partial charge < -0.3 is 9.64 Å². The second kappa shape index (κ2) is 4.93. The Morgan fingerprint density at radius 1 is 1.19 bits per heavy atom. The van der Waals surface area contributed by atoms with E-state index in [4.69, 9.17) is 4.74 Å². The molecule has 5 heteroatoms. The van der Waals surface area contributed by atoms with Crippen LogP contribution in [0, 0.1) is 10.8 Å². The molecule has 1 aromatic rings. The molecule has 0 N–H and O–H groups in total. The summed E-state index contributed by atoms with van der Waals surface area (Å²) in [6.45, 7) is 6.12. The van der Waals surface area contributed by atoms with Crippen molar-refractivity contribution in [3.8, 4) is 5.88 Å². The summed E-state index contributed by atoms with van der Waals surface area (Å²) in [6.07, 6.45) is 5.69. The second-order valence-corrected chi connectivity index (χ2v) is 8.06. The van der Waals surface area contributed by atoms with E-state index in [1.54, 1.807) is 7.11 Å². The normalized spacial score (nSPS) is 36.7. The highest BCUT2D eigenvalue weighted by Crippen LogP contribution is 2.59. The molecule has 4 rings (SSSR count). The largest absolute Gasteiger partial charge is 0.480 e. The lowest BCUT2D eigenvalue weighted by Crippen LogP contribution is -2.42. The van der Waals surface area contributed by atoms with Crippen LogP contribution in [0.15, 0.2) is 5.38 Å². The van der Waals surface area contributed by atoms with Gasteiger partial charge in [0.15, 0.2) is 0 Å². The summed E-state index contributed by atoms with van der Waals surface area (Å²) >= 11 is 1.51. The van der Waals surface area contributed by atoms with Crippen LogP contribution in [0.25, 0.3) is 0 Å². The third kappa shape index (κ3) is 2.05. The maximum Gasteiger partial charge on any atom is 0.229 e. The predicted molar refractivity (Wildman–Crippen MR) is 84.8 cm³/mol. The molecular formula is C16H25N3OS. The standard InChI is InChI=1S/C16H25N3OS/c1-18-9-15-5-3-4-6-16(15,10-18)12-19(11-15)7-13-8-21-17-14(13)20-2/h8H,3-7,9-12H2,1-2H3. The fraction of sp³-hybridized carbons (Fsp3) is 0.812. The summed E-state index contributed by atoms with van der Waals surface area (Å²) in [5.41, 5.74) is 2.37.